The number of halogens is 1. The molecule has 4 nitrogen and oxygen atoms in total. The van der Waals surface area contributed by atoms with Gasteiger partial charge in [0.2, 0.25) is 0 Å². The molecule has 0 radical (unpaired) electrons. The molecule has 5 heteroatoms. The molecule has 1 heterocycles. The van der Waals surface area contributed by atoms with Gasteiger partial charge < -0.3 is 10.6 Å². The zero-order chi connectivity index (χ0) is 20.2. The van der Waals surface area contributed by atoms with Crippen LogP contribution in [0.5, 0.6) is 0 Å². The first-order chi connectivity index (χ1) is 14.1. The molecule has 0 aliphatic rings. The van der Waals surface area contributed by atoms with Crippen LogP contribution >= 0.6 is 0 Å². The van der Waals surface area contributed by atoms with E-state index in [0.717, 1.165) is 5.69 Å². The fourth-order valence-electron chi connectivity index (χ4n) is 3.19. The number of rotatable bonds is 5. The minimum atomic E-state index is -0.403. The van der Waals surface area contributed by atoms with Crippen LogP contribution in [0.3, 0.4) is 0 Å². The second-order valence-electron chi connectivity index (χ2n) is 6.82. The Bertz CT molecular complexity index is 1190. The molecule has 0 spiro atoms. The van der Waals surface area contributed by atoms with E-state index in [1.54, 1.807) is 18.2 Å². The molecule has 4 aromatic rings. The summed E-state index contributed by atoms with van der Waals surface area (Å²) in [6.07, 6.45) is 1.39. The van der Waals surface area contributed by atoms with E-state index in [0.29, 0.717) is 23.2 Å². The minimum absolute atomic E-state index is 0.254. The van der Waals surface area contributed by atoms with Crippen molar-refractivity contribution in [3.05, 3.63) is 102 Å². The molecule has 1 aromatic heterocycles. The van der Waals surface area contributed by atoms with E-state index >= 15 is 0 Å². The number of carbonyl (C=O) groups excluding carboxylic acids is 1. The summed E-state index contributed by atoms with van der Waals surface area (Å²) in [6, 6.07) is 22.0. The van der Waals surface area contributed by atoms with Crippen LogP contribution in [0.15, 0.2) is 79.0 Å². The Hall–Kier alpha value is -3.73. The average molecular weight is 385 g/mol. The molecular weight excluding hydrogens is 365 g/mol. The summed E-state index contributed by atoms with van der Waals surface area (Å²) in [5.41, 5.74) is 4.51. The summed E-state index contributed by atoms with van der Waals surface area (Å²) in [6.45, 7) is 2.72. The smallest absolute Gasteiger partial charge is 0.257 e. The predicted octanol–water partition coefficient (Wildman–Crippen LogP) is 5.55. The quantitative estimate of drug-likeness (QED) is 0.474. The van der Waals surface area contributed by atoms with Gasteiger partial charge in [0.25, 0.3) is 5.91 Å². The Morgan fingerprint density at radius 2 is 1.72 bits per heavy atom. The lowest BCUT2D eigenvalue weighted by Crippen LogP contribution is -2.14. The van der Waals surface area contributed by atoms with Crippen molar-refractivity contribution in [2.75, 3.05) is 10.6 Å². The summed E-state index contributed by atoms with van der Waals surface area (Å²) in [5.74, 6) is -0.700. The lowest BCUT2D eigenvalue weighted by Gasteiger charge is -2.14. The third kappa shape index (κ3) is 4.09. The molecular formula is C24H20FN3O. The Kier molecular flexibility index (Phi) is 5.20. The van der Waals surface area contributed by atoms with Crippen molar-refractivity contribution in [2.24, 2.45) is 0 Å². The van der Waals surface area contributed by atoms with E-state index < -0.39 is 5.82 Å². The lowest BCUT2D eigenvalue weighted by molar-refractivity contribution is 0.102. The van der Waals surface area contributed by atoms with Gasteiger partial charge in [0.1, 0.15) is 11.3 Å². The number of para-hydroxylation sites is 3. The molecule has 0 atom stereocenters. The third-order valence-electron chi connectivity index (χ3n) is 4.83. The molecule has 2 N–H and O–H groups in total. The number of aromatic nitrogens is 1. The molecule has 0 aliphatic heterocycles. The van der Waals surface area contributed by atoms with Gasteiger partial charge in [-0.25, -0.2) is 4.39 Å². The third-order valence-corrected chi connectivity index (χ3v) is 4.83. The van der Waals surface area contributed by atoms with Crippen LogP contribution in [-0.2, 0) is 6.54 Å². The van der Waals surface area contributed by atoms with E-state index in [1.807, 2.05) is 36.4 Å². The van der Waals surface area contributed by atoms with Gasteiger partial charge in [0.05, 0.1) is 16.9 Å². The van der Waals surface area contributed by atoms with Gasteiger partial charge in [0.15, 0.2) is 0 Å². The molecule has 0 fully saturated rings. The number of benzene rings is 3. The van der Waals surface area contributed by atoms with Gasteiger partial charge in [0, 0.05) is 18.1 Å². The number of nitrogens with zero attached hydrogens (tertiary/aromatic N) is 1. The summed E-state index contributed by atoms with van der Waals surface area (Å²) in [5, 5.41) is 6.89. The first kappa shape index (κ1) is 18.6. The number of carbonyl (C=O) groups is 1. The number of nitrogens with one attached hydrogen (secondary N) is 2. The monoisotopic (exact) mass is 385 g/mol. The molecule has 144 valence electrons. The van der Waals surface area contributed by atoms with Crippen LogP contribution in [0, 0.1) is 12.7 Å². The van der Waals surface area contributed by atoms with Gasteiger partial charge in [-0.2, -0.15) is 0 Å². The van der Waals surface area contributed by atoms with Gasteiger partial charge >= 0.3 is 0 Å². The van der Waals surface area contributed by atoms with Crippen molar-refractivity contribution in [1.82, 2.24) is 4.98 Å². The second-order valence-corrected chi connectivity index (χ2v) is 6.82. The highest BCUT2D eigenvalue weighted by atomic mass is 19.1. The van der Waals surface area contributed by atoms with Crippen LogP contribution in [0.2, 0.25) is 0 Å². The Morgan fingerprint density at radius 3 is 2.55 bits per heavy atom. The number of hydrogen-bond donors (Lipinski definition) is 2. The zero-order valence-corrected chi connectivity index (χ0v) is 15.9. The van der Waals surface area contributed by atoms with Crippen LogP contribution in [0.4, 0.5) is 15.8 Å². The van der Waals surface area contributed by atoms with Gasteiger partial charge in [-0.3, -0.25) is 9.78 Å². The van der Waals surface area contributed by atoms with Crippen molar-refractivity contribution in [3.8, 4) is 0 Å². The molecule has 29 heavy (non-hydrogen) atoms. The van der Waals surface area contributed by atoms with E-state index in [4.69, 9.17) is 0 Å². The minimum Gasteiger partial charge on any atom is -0.379 e. The highest BCUT2D eigenvalue weighted by molar-refractivity contribution is 6.07. The first-order valence-electron chi connectivity index (χ1n) is 9.35. The van der Waals surface area contributed by atoms with Crippen molar-refractivity contribution < 1.29 is 9.18 Å². The number of anilines is 2. The van der Waals surface area contributed by atoms with Gasteiger partial charge in [-0.05, 0) is 42.3 Å². The SMILES string of the molecule is Cc1ccccc1CNc1ccccc1NC(=O)c1cnc2c(F)cccc2c1. The summed E-state index contributed by atoms with van der Waals surface area (Å²) >= 11 is 0. The Morgan fingerprint density at radius 1 is 0.966 bits per heavy atom. The average Bonchev–Trinajstić information content (AvgIpc) is 2.74. The number of amides is 1. The molecule has 0 aliphatic carbocycles. The van der Waals surface area contributed by atoms with E-state index in [1.165, 1.54) is 23.4 Å². The molecule has 3 aromatic carbocycles. The van der Waals surface area contributed by atoms with Crippen LogP contribution in [0.1, 0.15) is 21.5 Å². The largest absolute Gasteiger partial charge is 0.379 e. The fourth-order valence-corrected chi connectivity index (χ4v) is 3.19. The summed E-state index contributed by atoms with van der Waals surface area (Å²) < 4.78 is 13.8. The molecule has 0 bridgehead atoms. The standard InChI is InChI=1S/C24H20FN3O/c1-16-7-2-3-8-18(16)14-26-21-11-4-5-12-22(21)28-24(29)19-13-17-9-6-10-20(25)23(17)27-15-19/h2-13,15,26H,14H2,1H3,(H,28,29). The topological polar surface area (TPSA) is 54.0 Å². The normalized spacial score (nSPS) is 10.7. The second kappa shape index (κ2) is 8.10. The summed E-state index contributed by atoms with van der Waals surface area (Å²) in [4.78, 5) is 16.9. The van der Waals surface area contributed by atoms with Crippen LogP contribution in [-0.4, -0.2) is 10.9 Å². The maximum absolute atomic E-state index is 13.8. The van der Waals surface area contributed by atoms with E-state index in [2.05, 4.69) is 34.7 Å². The van der Waals surface area contributed by atoms with Crippen molar-refractivity contribution >= 4 is 28.2 Å². The van der Waals surface area contributed by atoms with Crippen molar-refractivity contribution in [1.29, 1.82) is 0 Å². The number of pyridine rings is 1. The fraction of sp³-hybridized carbons (Fsp3) is 0.0833. The van der Waals surface area contributed by atoms with E-state index in [-0.39, 0.29) is 11.4 Å². The van der Waals surface area contributed by atoms with Crippen molar-refractivity contribution in [3.63, 3.8) is 0 Å². The molecule has 0 saturated carbocycles. The highest BCUT2D eigenvalue weighted by Crippen LogP contribution is 2.24. The Balaban J connectivity index is 1.54. The lowest BCUT2D eigenvalue weighted by atomic mass is 10.1. The van der Waals surface area contributed by atoms with Crippen LogP contribution < -0.4 is 10.6 Å². The van der Waals surface area contributed by atoms with Gasteiger partial charge in [-0.1, -0.05) is 48.5 Å². The molecule has 0 unspecified atom stereocenters. The number of fused-ring (bicyclic) bond motifs is 1. The predicted molar refractivity (Wildman–Crippen MR) is 115 cm³/mol. The number of aryl methyl sites for hydroxylation is 1. The van der Waals surface area contributed by atoms with Gasteiger partial charge in [-0.15, -0.1) is 0 Å². The summed E-state index contributed by atoms with van der Waals surface area (Å²) in [7, 11) is 0. The molecule has 4 rings (SSSR count). The van der Waals surface area contributed by atoms with Crippen molar-refractivity contribution in [2.45, 2.75) is 13.5 Å². The molecule has 0 saturated heterocycles. The maximum atomic E-state index is 13.8. The first-order valence-corrected chi connectivity index (χ1v) is 9.35. The van der Waals surface area contributed by atoms with Crippen LogP contribution in [0.25, 0.3) is 10.9 Å². The molecule has 1 amide bonds. The highest BCUT2D eigenvalue weighted by Gasteiger charge is 2.11. The maximum Gasteiger partial charge on any atom is 0.257 e. The zero-order valence-electron chi connectivity index (χ0n) is 15.9. The van der Waals surface area contributed by atoms with E-state index in [9.17, 15) is 9.18 Å². The number of hydrogen-bond acceptors (Lipinski definition) is 3. The Labute approximate surface area is 168 Å².